The number of nitrogens with zero attached hydrogens (tertiary/aromatic N) is 1. The summed E-state index contributed by atoms with van der Waals surface area (Å²) in [6.07, 6.45) is 5.86. The Morgan fingerprint density at radius 1 is 1.04 bits per heavy atom. The molecular weight excluding hydrogens is 348 g/mol. The summed E-state index contributed by atoms with van der Waals surface area (Å²) in [6.45, 7) is 3.16. The molecule has 2 saturated heterocycles. The number of amides is 1. The molecule has 1 amide bonds. The summed E-state index contributed by atoms with van der Waals surface area (Å²) in [5.41, 5.74) is 3.40. The van der Waals surface area contributed by atoms with E-state index in [9.17, 15) is 4.79 Å². The van der Waals surface area contributed by atoms with Crippen molar-refractivity contribution in [3.05, 3.63) is 65.2 Å². The summed E-state index contributed by atoms with van der Waals surface area (Å²) < 4.78 is 5.18. The van der Waals surface area contributed by atoms with Crippen LogP contribution >= 0.6 is 0 Å². The van der Waals surface area contributed by atoms with Gasteiger partial charge in [0.25, 0.3) is 5.91 Å². The zero-order valence-corrected chi connectivity index (χ0v) is 16.9. The Balaban J connectivity index is 1.39. The van der Waals surface area contributed by atoms with Crippen molar-refractivity contribution in [3.8, 4) is 5.75 Å². The summed E-state index contributed by atoms with van der Waals surface area (Å²) in [6, 6.07) is 17.7. The maximum atomic E-state index is 12.7. The number of hydrogen-bond donors (Lipinski definition) is 1. The van der Waals surface area contributed by atoms with E-state index in [-0.39, 0.29) is 11.9 Å². The number of rotatable bonds is 5. The van der Waals surface area contributed by atoms with Gasteiger partial charge in [-0.3, -0.25) is 9.69 Å². The fraction of sp³-hybridized carbons (Fsp3) is 0.458. The molecule has 4 heteroatoms. The predicted molar refractivity (Wildman–Crippen MR) is 112 cm³/mol. The zero-order valence-electron chi connectivity index (χ0n) is 16.9. The molecule has 4 rings (SSSR count). The van der Waals surface area contributed by atoms with E-state index >= 15 is 0 Å². The Morgan fingerprint density at radius 2 is 1.68 bits per heavy atom. The Bertz CT molecular complexity index is 786. The monoisotopic (exact) mass is 378 g/mol. The number of aryl methyl sites for hydroxylation is 1. The first kappa shape index (κ1) is 19.0. The average molecular weight is 379 g/mol. The van der Waals surface area contributed by atoms with E-state index in [1.54, 1.807) is 7.11 Å². The normalized spacial score (nSPS) is 24.6. The standard InChI is InChI=1S/C24H30N2O2/c1-17-6-8-18(9-7-17)16-26-21-4-3-5-22(26)15-20(14-21)25-24(27)19-10-12-23(28-2)13-11-19/h6-13,20-22H,3-5,14-16H2,1-2H3,(H,25,27)/t21-,22-/m0/s1. The molecule has 0 aromatic heterocycles. The summed E-state index contributed by atoms with van der Waals surface area (Å²) in [5, 5.41) is 3.29. The van der Waals surface area contributed by atoms with Gasteiger partial charge >= 0.3 is 0 Å². The number of methoxy groups -OCH3 is 1. The smallest absolute Gasteiger partial charge is 0.251 e. The van der Waals surface area contributed by atoms with Crippen LogP contribution in [0, 0.1) is 6.92 Å². The number of carbonyl (C=O) groups is 1. The molecule has 2 fully saturated rings. The molecule has 4 nitrogen and oxygen atoms in total. The maximum absolute atomic E-state index is 12.7. The summed E-state index contributed by atoms with van der Waals surface area (Å²) in [5.74, 6) is 0.799. The third-order valence-electron chi connectivity index (χ3n) is 6.30. The van der Waals surface area contributed by atoms with Gasteiger partial charge in [0.15, 0.2) is 0 Å². The van der Waals surface area contributed by atoms with E-state index < -0.39 is 0 Å². The zero-order chi connectivity index (χ0) is 19.5. The lowest BCUT2D eigenvalue weighted by atomic mass is 9.81. The summed E-state index contributed by atoms with van der Waals surface area (Å²) in [4.78, 5) is 15.4. The molecule has 2 aliphatic rings. The molecule has 0 aliphatic carbocycles. The second-order valence-electron chi connectivity index (χ2n) is 8.27. The van der Waals surface area contributed by atoms with Crippen LogP contribution in [-0.2, 0) is 6.54 Å². The van der Waals surface area contributed by atoms with E-state index in [0.717, 1.165) is 25.1 Å². The number of benzene rings is 2. The Morgan fingerprint density at radius 3 is 2.29 bits per heavy atom. The van der Waals surface area contributed by atoms with Crippen LogP contribution in [0.25, 0.3) is 0 Å². The minimum Gasteiger partial charge on any atom is -0.497 e. The second kappa shape index (κ2) is 8.36. The van der Waals surface area contributed by atoms with Crippen molar-refractivity contribution in [2.45, 2.75) is 63.7 Å². The van der Waals surface area contributed by atoms with Gasteiger partial charge in [0.2, 0.25) is 0 Å². The third-order valence-corrected chi connectivity index (χ3v) is 6.30. The highest BCUT2D eigenvalue weighted by atomic mass is 16.5. The largest absolute Gasteiger partial charge is 0.497 e. The fourth-order valence-electron chi connectivity index (χ4n) is 4.77. The SMILES string of the molecule is COc1ccc(C(=O)NC2C[C@@H]3CCC[C@@H](C2)N3Cc2ccc(C)cc2)cc1. The predicted octanol–water partition coefficient (Wildman–Crippen LogP) is 4.32. The van der Waals surface area contributed by atoms with Crippen molar-refractivity contribution in [3.63, 3.8) is 0 Å². The van der Waals surface area contributed by atoms with E-state index in [4.69, 9.17) is 4.74 Å². The second-order valence-corrected chi connectivity index (χ2v) is 8.27. The molecule has 2 aliphatic heterocycles. The number of ether oxygens (including phenoxy) is 1. The lowest BCUT2D eigenvalue weighted by Crippen LogP contribution is -2.56. The van der Waals surface area contributed by atoms with Crippen LogP contribution in [0.3, 0.4) is 0 Å². The van der Waals surface area contributed by atoms with Crippen molar-refractivity contribution >= 4 is 5.91 Å². The average Bonchev–Trinajstić information content (AvgIpc) is 2.70. The molecule has 2 aromatic carbocycles. The van der Waals surface area contributed by atoms with E-state index in [2.05, 4.69) is 41.4 Å². The molecular formula is C24H30N2O2. The van der Waals surface area contributed by atoms with Crippen LogP contribution in [0.4, 0.5) is 0 Å². The molecule has 2 heterocycles. The van der Waals surface area contributed by atoms with Gasteiger partial charge in [0.05, 0.1) is 7.11 Å². The Kier molecular flexibility index (Phi) is 5.67. The van der Waals surface area contributed by atoms with Gasteiger partial charge in [0, 0.05) is 30.2 Å². The number of hydrogen-bond acceptors (Lipinski definition) is 3. The first-order valence-electron chi connectivity index (χ1n) is 10.4. The van der Waals surface area contributed by atoms with Crippen molar-refractivity contribution in [2.75, 3.05) is 7.11 Å². The van der Waals surface area contributed by atoms with Gasteiger partial charge < -0.3 is 10.1 Å². The van der Waals surface area contributed by atoms with Crippen molar-refractivity contribution in [2.24, 2.45) is 0 Å². The van der Waals surface area contributed by atoms with Gasteiger partial charge in [-0.05, 0) is 62.4 Å². The number of piperidine rings is 2. The minimum absolute atomic E-state index is 0.0257. The lowest BCUT2D eigenvalue weighted by molar-refractivity contribution is 0.0177. The van der Waals surface area contributed by atoms with Crippen LogP contribution in [0.2, 0.25) is 0 Å². The van der Waals surface area contributed by atoms with E-state index in [1.807, 2.05) is 24.3 Å². The van der Waals surface area contributed by atoms with Crippen LogP contribution in [-0.4, -0.2) is 36.0 Å². The van der Waals surface area contributed by atoms with Crippen molar-refractivity contribution < 1.29 is 9.53 Å². The number of carbonyl (C=O) groups excluding carboxylic acids is 1. The summed E-state index contributed by atoms with van der Waals surface area (Å²) in [7, 11) is 1.64. The van der Waals surface area contributed by atoms with Gasteiger partial charge in [0.1, 0.15) is 5.75 Å². The van der Waals surface area contributed by atoms with E-state index in [1.165, 1.54) is 30.4 Å². The molecule has 2 aromatic rings. The molecule has 0 saturated carbocycles. The first-order valence-corrected chi connectivity index (χ1v) is 10.4. The maximum Gasteiger partial charge on any atom is 0.251 e. The highest BCUT2D eigenvalue weighted by Crippen LogP contribution is 2.35. The van der Waals surface area contributed by atoms with Gasteiger partial charge in [-0.15, -0.1) is 0 Å². The van der Waals surface area contributed by atoms with Crippen LogP contribution in [0.1, 0.15) is 53.6 Å². The fourth-order valence-corrected chi connectivity index (χ4v) is 4.77. The lowest BCUT2D eigenvalue weighted by Gasteiger charge is -2.49. The van der Waals surface area contributed by atoms with Crippen LogP contribution < -0.4 is 10.1 Å². The summed E-state index contributed by atoms with van der Waals surface area (Å²) >= 11 is 0. The van der Waals surface area contributed by atoms with Gasteiger partial charge in [-0.25, -0.2) is 0 Å². The minimum atomic E-state index is 0.0257. The van der Waals surface area contributed by atoms with Crippen molar-refractivity contribution in [1.82, 2.24) is 10.2 Å². The Hall–Kier alpha value is -2.33. The molecule has 0 spiro atoms. The van der Waals surface area contributed by atoms with Crippen molar-refractivity contribution in [1.29, 1.82) is 0 Å². The molecule has 0 unspecified atom stereocenters. The molecule has 28 heavy (non-hydrogen) atoms. The van der Waals surface area contributed by atoms with Gasteiger partial charge in [-0.1, -0.05) is 36.2 Å². The third kappa shape index (κ3) is 4.22. The molecule has 0 radical (unpaired) electrons. The van der Waals surface area contributed by atoms with E-state index in [0.29, 0.717) is 17.6 Å². The van der Waals surface area contributed by atoms with Crippen LogP contribution in [0.5, 0.6) is 5.75 Å². The highest BCUT2D eigenvalue weighted by Gasteiger charge is 2.38. The molecule has 2 bridgehead atoms. The number of fused-ring (bicyclic) bond motifs is 2. The Labute approximate surface area is 167 Å². The molecule has 148 valence electrons. The highest BCUT2D eigenvalue weighted by molar-refractivity contribution is 5.94. The molecule has 1 N–H and O–H groups in total. The quantitative estimate of drug-likeness (QED) is 0.842. The number of nitrogens with one attached hydrogen (secondary N) is 1. The van der Waals surface area contributed by atoms with Gasteiger partial charge in [-0.2, -0.15) is 0 Å². The topological polar surface area (TPSA) is 41.6 Å². The first-order chi connectivity index (χ1) is 13.6. The van der Waals surface area contributed by atoms with Crippen LogP contribution in [0.15, 0.2) is 48.5 Å². The molecule has 2 atom stereocenters.